The molecule has 0 saturated heterocycles. The van der Waals surface area contributed by atoms with Gasteiger partial charge in [0.25, 0.3) is 0 Å². The first-order valence-electron chi connectivity index (χ1n) is 7.57. The van der Waals surface area contributed by atoms with E-state index in [1.54, 1.807) is 18.9 Å². The molecule has 23 heavy (non-hydrogen) atoms. The number of benzene rings is 4. The summed E-state index contributed by atoms with van der Waals surface area (Å²) in [7, 11) is 1.69. The fourth-order valence-electron chi connectivity index (χ4n) is 2.80. The average Bonchev–Trinajstić information content (AvgIpc) is 2.61. The molecule has 0 aliphatic rings. The van der Waals surface area contributed by atoms with Crippen molar-refractivity contribution in [3.05, 3.63) is 78.9 Å². The van der Waals surface area contributed by atoms with Gasteiger partial charge in [-0.2, -0.15) is 0 Å². The van der Waals surface area contributed by atoms with E-state index in [0.717, 1.165) is 5.75 Å². The largest absolute Gasteiger partial charge is 0.497 e. The molecule has 0 radical (unpaired) electrons. The number of rotatable bonds is 3. The van der Waals surface area contributed by atoms with E-state index in [2.05, 4.69) is 66.7 Å². The molecule has 0 bridgehead atoms. The Morgan fingerprint density at radius 3 is 2.13 bits per heavy atom. The van der Waals surface area contributed by atoms with E-state index in [4.69, 9.17) is 4.74 Å². The lowest BCUT2D eigenvalue weighted by Crippen LogP contribution is -1.82. The van der Waals surface area contributed by atoms with Crippen LogP contribution < -0.4 is 4.74 Å². The zero-order valence-corrected chi connectivity index (χ0v) is 13.6. The molecule has 0 atom stereocenters. The van der Waals surface area contributed by atoms with Crippen LogP contribution in [0, 0.1) is 0 Å². The third-order valence-electron chi connectivity index (χ3n) is 3.99. The Kier molecular flexibility index (Phi) is 3.68. The van der Waals surface area contributed by atoms with Crippen molar-refractivity contribution < 1.29 is 4.74 Å². The summed E-state index contributed by atoms with van der Waals surface area (Å²) in [6.45, 7) is 0. The summed E-state index contributed by atoms with van der Waals surface area (Å²) < 4.78 is 5.23. The minimum Gasteiger partial charge on any atom is -0.497 e. The number of methoxy groups -OCH3 is 1. The maximum atomic E-state index is 5.23. The molecule has 0 aliphatic heterocycles. The van der Waals surface area contributed by atoms with Crippen LogP contribution in [0.3, 0.4) is 0 Å². The topological polar surface area (TPSA) is 9.23 Å². The normalized spacial score (nSPS) is 11.0. The Bertz CT molecular complexity index is 974. The summed E-state index contributed by atoms with van der Waals surface area (Å²) in [5.74, 6) is 0.887. The summed E-state index contributed by atoms with van der Waals surface area (Å²) in [5.41, 5.74) is 0. The number of ether oxygens (including phenoxy) is 1. The van der Waals surface area contributed by atoms with Crippen LogP contribution in [0.25, 0.3) is 21.5 Å². The summed E-state index contributed by atoms with van der Waals surface area (Å²) in [6.07, 6.45) is 0. The van der Waals surface area contributed by atoms with Crippen LogP contribution in [0.1, 0.15) is 0 Å². The van der Waals surface area contributed by atoms with Crippen molar-refractivity contribution in [3.8, 4) is 5.75 Å². The van der Waals surface area contributed by atoms with E-state index in [9.17, 15) is 0 Å². The Labute approximate surface area is 139 Å². The van der Waals surface area contributed by atoms with E-state index in [1.165, 1.54) is 31.3 Å². The van der Waals surface area contributed by atoms with Crippen LogP contribution in [0.5, 0.6) is 5.75 Å². The van der Waals surface area contributed by atoms with Crippen LogP contribution >= 0.6 is 11.8 Å². The molecule has 0 heterocycles. The van der Waals surface area contributed by atoms with Gasteiger partial charge < -0.3 is 4.74 Å². The molecule has 0 aromatic heterocycles. The van der Waals surface area contributed by atoms with E-state index in [1.807, 2.05) is 12.1 Å². The SMILES string of the molecule is COc1ccc(Sc2cccc3cc4ccccc4cc23)cc1. The summed E-state index contributed by atoms with van der Waals surface area (Å²) in [6, 6.07) is 27.8. The Morgan fingerprint density at radius 1 is 0.696 bits per heavy atom. The van der Waals surface area contributed by atoms with Gasteiger partial charge in [-0.15, -0.1) is 0 Å². The second kappa shape index (κ2) is 5.98. The molecule has 0 spiro atoms. The maximum absolute atomic E-state index is 5.23. The molecule has 0 aliphatic carbocycles. The fourth-order valence-corrected chi connectivity index (χ4v) is 3.76. The van der Waals surface area contributed by atoms with Crippen molar-refractivity contribution in [3.63, 3.8) is 0 Å². The molecular weight excluding hydrogens is 300 g/mol. The van der Waals surface area contributed by atoms with Gasteiger partial charge in [0, 0.05) is 9.79 Å². The van der Waals surface area contributed by atoms with Crippen molar-refractivity contribution in [1.82, 2.24) is 0 Å². The minimum atomic E-state index is 0.887. The standard InChI is InChI=1S/C21H16OS/c1-22-18-9-11-19(12-10-18)23-21-8-4-7-17-13-15-5-2-3-6-16(15)14-20(17)21/h2-14H,1H3. The first kappa shape index (κ1) is 14.2. The third kappa shape index (κ3) is 2.78. The first-order valence-corrected chi connectivity index (χ1v) is 8.38. The van der Waals surface area contributed by atoms with Gasteiger partial charge in [0.05, 0.1) is 7.11 Å². The molecule has 1 nitrogen and oxygen atoms in total. The van der Waals surface area contributed by atoms with Crippen LogP contribution in [0.4, 0.5) is 0 Å². The van der Waals surface area contributed by atoms with Crippen LogP contribution in [-0.2, 0) is 0 Å². The van der Waals surface area contributed by atoms with Crippen molar-refractivity contribution >= 4 is 33.3 Å². The zero-order valence-electron chi connectivity index (χ0n) is 12.8. The third-order valence-corrected chi connectivity index (χ3v) is 5.08. The highest BCUT2D eigenvalue weighted by Crippen LogP contribution is 2.35. The summed E-state index contributed by atoms with van der Waals surface area (Å²) in [5, 5.41) is 5.14. The predicted octanol–water partition coefficient (Wildman–Crippen LogP) is 6.15. The van der Waals surface area contributed by atoms with Gasteiger partial charge in [-0.1, -0.05) is 48.2 Å². The van der Waals surface area contributed by atoms with Crippen molar-refractivity contribution in [1.29, 1.82) is 0 Å². The lowest BCUT2D eigenvalue weighted by atomic mass is 10.0. The van der Waals surface area contributed by atoms with Gasteiger partial charge in [0.1, 0.15) is 5.75 Å². The highest BCUT2D eigenvalue weighted by atomic mass is 32.2. The second-order valence-electron chi connectivity index (χ2n) is 5.45. The van der Waals surface area contributed by atoms with Gasteiger partial charge in [0.15, 0.2) is 0 Å². The molecule has 0 fully saturated rings. The number of hydrogen-bond acceptors (Lipinski definition) is 2. The van der Waals surface area contributed by atoms with Gasteiger partial charge >= 0.3 is 0 Å². The average molecular weight is 316 g/mol. The van der Waals surface area contributed by atoms with Crippen LogP contribution in [0.2, 0.25) is 0 Å². The van der Waals surface area contributed by atoms with E-state index >= 15 is 0 Å². The number of fused-ring (bicyclic) bond motifs is 2. The zero-order chi connectivity index (χ0) is 15.6. The maximum Gasteiger partial charge on any atom is 0.118 e. The minimum absolute atomic E-state index is 0.887. The lowest BCUT2D eigenvalue weighted by molar-refractivity contribution is 0.414. The van der Waals surface area contributed by atoms with Crippen LogP contribution in [-0.4, -0.2) is 7.11 Å². The molecule has 4 aromatic carbocycles. The Morgan fingerprint density at radius 2 is 1.39 bits per heavy atom. The Hall–Kier alpha value is -2.45. The molecular formula is C21H16OS. The predicted molar refractivity (Wildman–Crippen MR) is 98.6 cm³/mol. The number of hydrogen-bond donors (Lipinski definition) is 0. The van der Waals surface area contributed by atoms with Crippen molar-refractivity contribution in [2.45, 2.75) is 9.79 Å². The molecule has 0 N–H and O–H groups in total. The Balaban J connectivity index is 1.80. The monoisotopic (exact) mass is 316 g/mol. The molecule has 2 heteroatoms. The van der Waals surface area contributed by atoms with E-state index in [-0.39, 0.29) is 0 Å². The molecule has 4 rings (SSSR count). The van der Waals surface area contributed by atoms with Gasteiger partial charge in [-0.3, -0.25) is 0 Å². The van der Waals surface area contributed by atoms with Gasteiger partial charge in [-0.05, 0) is 64.0 Å². The van der Waals surface area contributed by atoms with E-state index in [0.29, 0.717) is 0 Å². The van der Waals surface area contributed by atoms with Crippen molar-refractivity contribution in [2.75, 3.05) is 7.11 Å². The second-order valence-corrected chi connectivity index (χ2v) is 6.57. The highest BCUT2D eigenvalue weighted by molar-refractivity contribution is 7.99. The van der Waals surface area contributed by atoms with Crippen LogP contribution in [0.15, 0.2) is 88.7 Å². The fraction of sp³-hybridized carbons (Fsp3) is 0.0476. The van der Waals surface area contributed by atoms with E-state index < -0.39 is 0 Å². The summed E-state index contributed by atoms with van der Waals surface area (Å²) >= 11 is 1.79. The van der Waals surface area contributed by atoms with Crippen molar-refractivity contribution in [2.24, 2.45) is 0 Å². The lowest BCUT2D eigenvalue weighted by Gasteiger charge is -2.09. The molecule has 112 valence electrons. The highest BCUT2D eigenvalue weighted by Gasteiger charge is 2.05. The quantitative estimate of drug-likeness (QED) is 0.419. The molecule has 0 unspecified atom stereocenters. The van der Waals surface area contributed by atoms with Gasteiger partial charge in [-0.25, -0.2) is 0 Å². The smallest absolute Gasteiger partial charge is 0.118 e. The molecule has 0 saturated carbocycles. The first-order chi connectivity index (χ1) is 11.3. The van der Waals surface area contributed by atoms with Gasteiger partial charge in [0.2, 0.25) is 0 Å². The molecule has 0 amide bonds. The summed E-state index contributed by atoms with van der Waals surface area (Å²) in [4.78, 5) is 2.49. The molecule has 4 aromatic rings.